The van der Waals surface area contributed by atoms with Gasteiger partial charge in [0.1, 0.15) is 11.7 Å². The first-order valence-electron chi connectivity index (χ1n) is 9.05. The van der Waals surface area contributed by atoms with E-state index in [-0.39, 0.29) is 50.2 Å². The fourth-order valence-electron chi connectivity index (χ4n) is 3.55. The van der Waals surface area contributed by atoms with Crippen molar-refractivity contribution in [3.63, 3.8) is 0 Å². The van der Waals surface area contributed by atoms with Gasteiger partial charge >= 0.3 is 6.18 Å². The number of aromatic nitrogens is 2. The number of amides is 2. The average Bonchev–Trinajstić information content (AvgIpc) is 3.19. The maximum atomic E-state index is 13.1. The Kier molecular flexibility index (Phi) is 5.53. The number of hydrogen-bond acceptors (Lipinski definition) is 5. The van der Waals surface area contributed by atoms with Crippen LogP contribution < -0.4 is 11.1 Å². The molecule has 1 unspecified atom stereocenters. The van der Waals surface area contributed by atoms with Crippen LogP contribution in [0.1, 0.15) is 36.0 Å². The summed E-state index contributed by atoms with van der Waals surface area (Å²) in [5.74, 6) is -2.45. The van der Waals surface area contributed by atoms with Gasteiger partial charge in [-0.05, 0) is 19.3 Å². The number of rotatable bonds is 6. The molecule has 3 rings (SSSR count). The largest absolute Gasteiger partial charge is 0.401 e. The molecule has 0 spiro atoms. The lowest BCUT2D eigenvalue weighted by Gasteiger charge is -2.40. The van der Waals surface area contributed by atoms with E-state index in [9.17, 15) is 32.4 Å². The number of nitrogens with one attached hydrogen (secondary N) is 1. The number of alkyl halides is 4. The zero-order valence-corrected chi connectivity index (χ0v) is 15.4. The van der Waals surface area contributed by atoms with Crippen LogP contribution >= 0.6 is 0 Å². The van der Waals surface area contributed by atoms with Crippen molar-refractivity contribution >= 4 is 17.6 Å². The van der Waals surface area contributed by atoms with Crippen molar-refractivity contribution in [1.82, 2.24) is 14.7 Å². The lowest BCUT2D eigenvalue weighted by molar-refractivity contribution is -0.150. The number of carbonyl (C=O) groups excluding carboxylic acids is 2. The number of piperidine rings is 1. The van der Waals surface area contributed by atoms with E-state index in [0.717, 1.165) is 0 Å². The SMILES string of the molecule is N#CCC1(n2cc(C(N)=O)c(NC(=O)[C@@H]3CC3F)n2)CCN(CC(F)(F)F)CC1. The highest BCUT2D eigenvalue weighted by Crippen LogP contribution is 2.37. The summed E-state index contributed by atoms with van der Waals surface area (Å²) in [6.07, 6.45) is -3.85. The van der Waals surface area contributed by atoms with Crippen molar-refractivity contribution in [2.45, 2.75) is 43.6 Å². The molecule has 0 radical (unpaired) electrons. The molecular weight excluding hydrogens is 396 g/mol. The summed E-state index contributed by atoms with van der Waals surface area (Å²) in [5, 5.41) is 15.8. The first-order chi connectivity index (χ1) is 13.5. The summed E-state index contributed by atoms with van der Waals surface area (Å²) < 4.78 is 52.3. The van der Waals surface area contributed by atoms with Crippen molar-refractivity contribution in [3.05, 3.63) is 11.8 Å². The first kappa shape index (κ1) is 21.0. The fraction of sp³-hybridized carbons (Fsp3) is 0.647. The van der Waals surface area contributed by atoms with Gasteiger partial charge in [0.15, 0.2) is 5.82 Å². The minimum Gasteiger partial charge on any atom is -0.365 e. The highest BCUT2D eigenvalue weighted by atomic mass is 19.4. The molecule has 2 aliphatic rings. The molecule has 3 N–H and O–H groups in total. The molecule has 1 saturated heterocycles. The van der Waals surface area contributed by atoms with Crippen molar-refractivity contribution in [2.75, 3.05) is 25.0 Å². The van der Waals surface area contributed by atoms with Gasteiger partial charge in [-0.1, -0.05) is 0 Å². The van der Waals surface area contributed by atoms with Gasteiger partial charge in [-0.2, -0.15) is 23.5 Å². The minimum absolute atomic E-state index is 0.0463. The number of hydrogen-bond donors (Lipinski definition) is 2. The van der Waals surface area contributed by atoms with Gasteiger partial charge in [0, 0.05) is 19.3 Å². The van der Waals surface area contributed by atoms with Gasteiger partial charge in [0.25, 0.3) is 5.91 Å². The van der Waals surface area contributed by atoms with Crippen LogP contribution in [0.2, 0.25) is 0 Å². The van der Waals surface area contributed by atoms with Crippen LogP contribution in [-0.4, -0.2) is 58.5 Å². The van der Waals surface area contributed by atoms with E-state index < -0.39 is 42.2 Å². The lowest BCUT2D eigenvalue weighted by atomic mass is 9.85. The molecule has 2 heterocycles. The molecule has 158 valence electrons. The third kappa shape index (κ3) is 4.67. The van der Waals surface area contributed by atoms with E-state index in [1.807, 2.05) is 6.07 Å². The Labute approximate surface area is 163 Å². The number of anilines is 1. The van der Waals surface area contributed by atoms with E-state index in [1.165, 1.54) is 15.8 Å². The number of carbonyl (C=O) groups is 2. The van der Waals surface area contributed by atoms with Crippen LogP contribution in [0.3, 0.4) is 0 Å². The molecule has 12 heteroatoms. The summed E-state index contributed by atoms with van der Waals surface area (Å²) in [6.45, 7) is -0.880. The third-order valence-electron chi connectivity index (χ3n) is 5.35. The summed E-state index contributed by atoms with van der Waals surface area (Å²) in [4.78, 5) is 25.0. The zero-order chi connectivity index (χ0) is 21.4. The number of halogens is 4. The van der Waals surface area contributed by atoms with Gasteiger partial charge in [-0.3, -0.25) is 19.2 Å². The van der Waals surface area contributed by atoms with Crippen molar-refractivity contribution in [3.8, 4) is 6.07 Å². The van der Waals surface area contributed by atoms with Crippen LogP contribution in [0.25, 0.3) is 0 Å². The monoisotopic (exact) mass is 416 g/mol. The van der Waals surface area contributed by atoms with Gasteiger partial charge < -0.3 is 11.1 Å². The predicted octanol–water partition coefficient (Wildman–Crippen LogP) is 1.55. The van der Waals surface area contributed by atoms with Crippen molar-refractivity contribution in [1.29, 1.82) is 5.26 Å². The maximum absolute atomic E-state index is 13.1. The smallest absolute Gasteiger partial charge is 0.365 e. The number of likely N-dealkylation sites (tertiary alicyclic amines) is 1. The van der Waals surface area contributed by atoms with Crippen molar-refractivity contribution < 1.29 is 27.2 Å². The quantitative estimate of drug-likeness (QED) is 0.683. The second-order valence-corrected chi connectivity index (χ2v) is 7.50. The molecule has 0 bridgehead atoms. The molecule has 1 saturated carbocycles. The first-order valence-corrected chi connectivity index (χ1v) is 9.05. The molecule has 2 fully saturated rings. The van der Waals surface area contributed by atoms with E-state index in [1.54, 1.807) is 0 Å². The molecule has 1 aliphatic heterocycles. The Morgan fingerprint density at radius 3 is 2.48 bits per heavy atom. The minimum atomic E-state index is -4.32. The molecular formula is C17H20F4N6O2. The normalized spacial score (nSPS) is 24.0. The fourth-order valence-corrected chi connectivity index (χ4v) is 3.55. The Balaban J connectivity index is 1.82. The van der Waals surface area contributed by atoms with Gasteiger partial charge in [0.05, 0.1) is 30.5 Å². The van der Waals surface area contributed by atoms with Gasteiger partial charge in [-0.25, -0.2) is 4.39 Å². The zero-order valence-electron chi connectivity index (χ0n) is 15.4. The number of nitrogens with two attached hydrogens (primary N) is 1. The number of nitrogens with zero attached hydrogens (tertiary/aromatic N) is 4. The molecule has 1 aromatic rings. The van der Waals surface area contributed by atoms with Crippen LogP contribution in [0.5, 0.6) is 0 Å². The molecule has 29 heavy (non-hydrogen) atoms. The molecule has 2 amide bonds. The number of nitriles is 1. The Morgan fingerprint density at radius 2 is 2.00 bits per heavy atom. The van der Waals surface area contributed by atoms with Crippen molar-refractivity contribution in [2.24, 2.45) is 11.7 Å². The average molecular weight is 416 g/mol. The topological polar surface area (TPSA) is 117 Å². The number of primary amides is 1. The Hall–Kier alpha value is -2.68. The van der Waals surface area contributed by atoms with Crippen LogP contribution in [0.15, 0.2) is 6.20 Å². The van der Waals surface area contributed by atoms with Gasteiger partial charge in [0.2, 0.25) is 5.91 Å². The molecule has 2 atom stereocenters. The third-order valence-corrected chi connectivity index (χ3v) is 5.35. The van der Waals surface area contributed by atoms with E-state index >= 15 is 0 Å². The highest BCUT2D eigenvalue weighted by molar-refractivity contribution is 6.03. The summed E-state index contributed by atoms with van der Waals surface area (Å²) in [7, 11) is 0. The Bertz CT molecular complexity index is 838. The predicted molar refractivity (Wildman–Crippen MR) is 92.3 cm³/mol. The second kappa shape index (κ2) is 7.62. The molecule has 1 aliphatic carbocycles. The standard InChI is InChI=1S/C17H20F4N6O2/c18-12-7-10(12)15(29)24-14-11(13(23)28)8-27(25-14)16(1-4-22)2-5-26(6-3-16)9-17(19,20)21/h8,10,12H,1-3,5-7,9H2,(H2,23,28)(H,24,25,29)/t10-,12?/m1/s1. The van der Waals surface area contributed by atoms with Crippen LogP contribution in [0, 0.1) is 17.2 Å². The molecule has 0 aromatic carbocycles. The van der Waals surface area contributed by atoms with Crippen LogP contribution in [0.4, 0.5) is 23.4 Å². The molecule has 1 aromatic heterocycles. The van der Waals surface area contributed by atoms with E-state index in [0.29, 0.717) is 0 Å². The second-order valence-electron chi connectivity index (χ2n) is 7.50. The lowest BCUT2D eigenvalue weighted by Crippen LogP contribution is -2.48. The highest BCUT2D eigenvalue weighted by Gasteiger charge is 2.45. The van der Waals surface area contributed by atoms with E-state index in [4.69, 9.17) is 5.73 Å². The van der Waals surface area contributed by atoms with Gasteiger partial charge in [-0.15, -0.1) is 0 Å². The summed E-state index contributed by atoms with van der Waals surface area (Å²) >= 11 is 0. The summed E-state index contributed by atoms with van der Waals surface area (Å²) in [5.41, 5.74) is 4.30. The molecule has 8 nitrogen and oxygen atoms in total. The maximum Gasteiger partial charge on any atom is 0.401 e. The Morgan fingerprint density at radius 1 is 1.38 bits per heavy atom. The summed E-state index contributed by atoms with van der Waals surface area (Å²) in [6, 6.07) is 2.02. The van der Waals surface area contributed by atoms with Crippen LogP contribution in [-0.2, 0) is 10.3 Å². The van der Waals surface area contributed by atoms with E-state index in [2.05, 4.69) is 10.4 Å².